The fraction of sp³-hybridized carbons (Fsp3) is 0.571. The SMILES string of the molecule is CN=C(NCCC1=CCCCC1)NCc1ccc(S(=O)(=O)N2CCCC2)cc1. The number of allylic oxidation sites excluding steroid dienone is 1. The predicted molar refractivity (Wildman–Crippen MR) is 114 cm³/mol. The van der Waals surface area contributed by atoms with Gasteiger partial charge in [0.05, 0.1) is 4.90 Å². The van der Waals surface area contributed by atoms with Crippen LogP contribution in [0.4, 0.5) is 0 Å². The Morgan fingerprint density at radius 3 is 2.46 bits per heavy atom. The van der Waals surface area contributed by atoms with Crippen LogP contribution in [0, 0.1) is 0 Å². The van der Waals surface area contributed by atoms with Crippen molar-refractivity contribution >= 4 is 16.0 Å². The van der Waals surface area contributed by atoms with E-state index in [1.165, 1.54) is 25.7 Å². The summed E-state index contributed by atoms with van der Waals surface area (Å²) >= 11 is 0. The molecule has 1 saturated heterocycles. The van der Waals surface area contributed by atoms with Gasteiger partial charge in [-0.05, 0) is 62.6 Å². The highest BCUT2D eigenvalue weighted by molar-refractivity contribution is 7.89. The molecule has 0 unspecified atom stereocenters. The molecule has 1 heterocycles. The van der Waals surface area contributed by atoms with E-state index < -0.39 is 10.0 Å². The maximum Gasteiger partial charge on any atom is 0.243 e. The molecule has 0 atom stereocenters. The highest BCUT2D eigenvalue weighted by Crippen LogP contribution is 2.21. The van der Waals surface area contributed by atoms with Gasteiger partial charge in [-0.25, -0.2) is 8.42 Å². The van der Waals surface area contributed by atoms with E-state index >= 15 is 0 Å². The normalized spacial score (nSPS) is 18.8. The molecule has 1 aromatic rings. The van der Waals surface area contributed by atoms with Gasteiger partial charge in [-0.15, -0.1) is 0 Å². The highest BCUT2D eigenvalue weighted by atomic mass is 32.2. The first-order valence-corrected chi connectivity index (χ1v) is 11.7. The third-order valence-electron chi connectivity index (χ3n) is 5.43. The van der Waals surface area contributed by atoms with Crippen molar-refractivity contribution in [2.24, 2.45) is 4.99 Å². The van der Waals surface area contributed by atoms with Crippen LogP contribution in [0.15, 0.2) is 45.8 Å². The van der Waals surface area contributed by atoms with Crippen molar-refractivity contribution in [2.45, 2.75) is 56.4 Å². The van der Waals surface area contributed by atoms with Crippen molar-refractivity contribution in [1.82, 2.24) is 14.9 Å². The van der Waals surface area contributed by atoms with Crippen LogP contribution in [0.25, 0.3) is 0 Å². The summed E-state index contributed by atoms with van der Waals surface area (Å²) in [6, 6.07) is 7.15. The van der Waals surface area contributed by atoms with Crippen LogP contribution in [-0.2, 0) is 16.6 Å². The molecule has 0 spiro atoms. The monoisotopic (exact) mass is 404 g/mol. The fourth-order valence-corrected chi connectivity index (χ4v) is 5.25. The van der Waals surface area contributed by atoms with Crippen molar-refractivity contribution in [1.29, 1.82) is 0 Å². The summed E-state index contributed by atoms with van der Waals surface area (Å²) in [5, 5.41) is 6.65. The molecule has 0 saturated carbocycles. The average molecular weight is 405 g/mol. The summed E-state index contributed by atoms with van der Waals surface area (Å²) in [6.07, 6.45) is 10.4. The van der Waals surface area contributed by atoms with Crippen LogP contribution in [-0.4, -0.2) is 45.4 Å². The van der Waals surface area contributed by atoms with E-state index in [2.05, 4.69) is 21.7 Å². The van der Waals surface area contributed by atoms with Crippen LogP contribution in [0.5, 0.6) is 0 Å². The Hall–Kier alpha value is -1.86. The Morgan fingerprint density at radius 1 is 1.07 bits per heavy atom. The van der Waals surface area contributed by atoms with Gasteiger partial charge in [0.25, 0.3) is 0 Å². The Morgan fingerprint density at radius 2 is 1.82 bits per heavy atom. The lowest BCUT2D eigenvalue weighted by atomic mass is 9.97. The molecule has 2 aliphatic rings. The number of sulfonamides is 1. The molecule has 28 heavy (non-hydrogen) atoms. The molecule has 0 radical (unpaired) electrons. The summed E-state index contributed by atoms with van der Waals surface area (Å²) in [5.74, 6) is 0.769. The van der Waals surface area contributed by atoms with Gasteiger partial charge in [-0.1, -0.05) is 23.8 Å². The molecule has 1 aromatic carbocycles. The van der Waals surface area contributed by atoms with E-state index in [4.69, 9.17) is 0 Å². The number of guanidine groups is 1. The van der Waals surface area contributed by atoms with Crippen molar-refractivity contribution < 1.29 is 8.42 Å². The van der Waals surface area contributed by atoms with E-state index in [-0.39, 0.29) is 0 Å². The Balaban J connectivity index is 1.47. The predicted octanol–water partition coefficient (Wildman–Crippen LogP) is 3.03. The molecule has 154 valence electrons. The van der Waals surface area contributed by atoms with E-state index in [1.54, 1.807) is 29.1 Å². The Kier molecular flexibility index (Phi) is 7.50. The molecule has 2 N–H and O–H groups in total. The average Bonchev–Trinajstić information content (AvgIpc) is 3.27. The van der Waals surface area contributed by atoms with Gasteiger partial charge < -0.3 is 10.6 Å². The first-order chi connectivity index (χ1) is 13.6. The third-order valence-corrected chi connectivity index (χ3v) is 7.35. The number of hydrogen-bond donors (Lipinski definition) is 2. The number of rotatable bonds is 7. The maximum atomic E-state index is 12.6. The third kappa shape index (κ3) is 5.58. The molecule has 7 heteroatoms. The summed E-state index contributed by atoms with van der Waals surface area (Å²) in [5.41, 5.74) is 2.57. The van der Waals surface area contributed by atoms with Crippen molar-refractivity contribution in [3.8, 4) is 0 Å². The largest absolute Gasteiger partial charge is 0.356 e. The molecule has 1 aliphatic carbocycles. The minimum absolute atomic E-state index is 0.376. The van der Waals surface area contributed by atoms with Gasteiger partial charge in [-0.3, -0.25) is 4.99 Å². The lowest BCUT2D eigenvalue weighted by Gasteiger charge is -2.16. The summed E-state index contributed by atoms with van der Waals surface area (Å²) in [6.45, 7) is 2.74. The number of nitrogens with one attached hydrogen (secondary N) is 2. The highest BCUT2D eigenvalue weighted by Gasteiger charge is 2.26. The number of benzene rings is 1. The van der Waals surface area contributed by atoms with Gasteiger partial charge in [0.2, 0.25) is 10.0 Å². The van der Waals surface area contributed by atoms with E-state index in [9.17, 15) is 8.42 Å². The number of hydrogen-bond acceptors (Lipinski definition) is 3. The number of aliphatic imine (C=N–C) groups is 1. The Bertz CT molecular complexity index is 794. The molecular formula is C21H32N4O2S. The number of nitrogens with zero attached hydrogens (tertiary/aromatic N) is 2. The lowest BCUT2D eigenvalue weighted by molar-refractivity contribution is 0.477. The molecule has 6 nitrogen and oxygen atoms in total. The van der Waals surface area contributed by atoms with Crippen molar-refractivity contribution in [2.75, 3.05) is 26.7 Å². The van der Waals surface area contributed by atoms with E-state index in [0.29, 0.717) is 24.5 Å². The zero-order chi connectivity index (χ0) is 19.8. The summed E-state index contributed by atoms with van der Waals surface area (Å²) < 4.78 is 26.7. The molecule has 0 amide bonds. The lowest BCUT2D eigenvalue weighted by Crippen LogP contribution is -2.37. The first-order valence-electron chi connectivity index (χ1n) is 10.3. The second kappa shape index (κ2) is 10.1. The second-order valence-electron chi connectivity index (χ2n) is 7.47. The fourth-order valence-electron chi connectivity index (χ4n) is 3.74. The molecule has 0 bridgehead atoms. The quantitative estimate of drug-likeness (QED) is 0.416. The Labute approximate surface area is 169 Å². The first kappa shape index (κ1) is 20.9. The van der Waals surface area contributed by atoms with Crippen molar-refractivity contribution in [3.05, 3.63) is 41.5 Å². The standard InChI is InChI=1S/C21H32N4O2S/c1-22-21(23-14-13-18-7-3-2-4-8-18)24-17-19-9-11-20(12-10-19)28(26,27)25-15-5-6-16-25/h7,9-12H,2-6,8,13-17H2,1H3,(H2,22,23,24). The van der Waals surface area contributed by atoms with Gasteiger partial charge in [0.15, 0.2) is 5.96 Å². The van der Waals surface area contributed by atoms with Crippen LogP contribution < -0.4 is 10.6 Å². The molecule has 1 fully saturated rings. The van der Waals surface area contributed by atoms with Gasteiger partial charge in [-0.2, -0.15) is 4.31 Å². The summed E-state index contributed by atoms with van der Waals surface area (Å²) in [4.78, 5) is 4.64. The van der Waals surface area contributed by atoms with Crippen LogP contribution in [0.2, 0.25) is 0 Å². The van der Waals surface area contributed by atoms with E-state index in [1.807, 2.05) is 12.1 Å². The van der Waals surface area contributed by atoms with Crippen molar-refractivity contribution in [3.63, 3.8) is 0 Å². The van der Waals surface area contributed by atoms with Gasteiger partial charge in [0, 0.05) is 33.2 Å². The van der Waals surface area contributed by atoms with Crippen LogP contribution >= 0.6 is 0 Å². The zero-order valence-electron chi connectivity index (χ0n) is 16.8. The topological polar surface area (TPSA) is 73.8 Å². The maximum absolute atomic E-state index is 12.6. The van der Waals surface area contributed by atoms with Gasteiger partial charge >= 0.3 is 0 Å². The smallest absolute Gasteiger partial charge is 0.243 e. The summed E-state index contributed by atoms with van der Waals surface area (Å²) in [7, 11) is -1.58. The molecular weight excluding hydrogens is 372 g/mol. The second-order valence-corrected chi connectivity index (χ2v) is 9.40. The minimum Gasteiger partial charge on any atom is -0.356 e. The van der Waals surface area contributed by atoms with Crippen LogP contribution in [0.3, 0.4) is 0 Å². The minimum atomic E-state index is -3.34. The van der Waals surface area contributed by atoms with E-state index in [0.717, 1.165) is 37.3 Å². The zero-order valence-corrected chi connectivity index (χ0v) is 17.6. The van der Waals surface area contributed by atoms with Crippen LogP contribution in [0.1, 0.15) is 50.5 Å². The van der Waals surface area contributed by atoms with Gasteiger partial charge in [0.1, 0.15) is 0 Å². The molecule has 3 rings (SSSR count). The molecule has 0 aromatic heterocycles. The molecule has 1 aliphatic heterocycles.